The number of carbonyl (C=O) groups excluding carboxylic acids is 1. The SMILES string of the molecule is C=S1(=O)NC(=O)c2ccc3c(c2)N(C[C@@H]2CC[C@H]2[C@@H](OCCOCCOCCOCCOC)/C=C/C[C@H](C)[C@H]1C)C[C@@]1(CCCc2cc(Cl)ccc21)CO3. The normalized spacial score (nSPS) is 30.3. The molecule has 12 heteroatoms. The number of carbonyl (C=O) groups is 1. The van der Waals surface area contributed by atoms with Crippen LogP contribution in [0.4, 0.5) is 5.69 Å². The van der Waals surface area contributed by atoms with Gasteiger partial charge in [0.1, 0.15) is 5.75 Å². The molecule has 0 saturated heterocycles. The third-order valence-corrected chi connectivity index (χ3v) is 14.3. The standard InChI is InChI=1S/C42H59ClN2O8S/c1-30-7-5-9-39(52-24-23-51-22-21-50-20-19-49-18-17-48-3)36-13-10-34(36)27-45-28-42(16-6-8-32-25-35(43)12-14-37(32)42)29-53-40-15-11-33(26-38(40)45)41(46)44-54(4,47)31(30)2/h5,9,11-12,14-15,25-26,30-31,34,36,39H,4,6-8,10,13,16-24,27-29H2,1-3H3,(H,44,46,47)/b9-5+/t30-,31+,34-,36+,39-,42-,54?/m0/s1. The molecule has 4 aliphatic rings. The van der Waals surface area contributed by atoms with E-state index in [1.165, 1.54) is 11.1 Å². The predicted octanol–water partition coefficient (Wildman–Crippen LogP) is 6.27. The summed E-state index contributed by atoms with van der Waals surface area (Å²) in [6, 6.07) is 11.9. The molecule has 7 atom stereocenters. The van der Waals surface area contributed by atoms with E-state index in [0.717, 1.165) is 61.7 Å². The van der Waals surface area contributed by atoms with Crippen LogP contribution in [0.25, 0.3) is 0 Å². The Hall–Kier alpha value is -2.64. The molecule has 0 aromatic heterocycles. The Morgan fingerprint density at radius 2 is 1.74 bits per heavy atom. The number of benzene rings is 2. The van der Waals surface area contributed by atoms with Gasteiger partial charge in [0.25, 0.3) is 5.91 Å². The van der Waals surface area contributed by atoms with Gasteiger partial charge in [-0.15, -0.1) is 0 Å². The third kappa shape index (κ3) is 10.0. The summed E-state index contributed by atoms with van der Waals surface area (Å²) in [5.41, 5.74) is 3.68. The monoisotopic (exact) mass is 786 g/mol. The van der Waals surface area contributed by atoms with Gasteiger partial charge in [0.2, 0.25) is 0 Å². The highest BCUT2D eigenvalue weighted by Crippen LogP contribution is 2.47. The zero-order valence-corrected chi connectivity index (χ0v) is 33.8. The van der Waals surface area contributed by atoms with Crippen LogP contribution in [-0.4, -0.2) is 107 Å². The number of amides is 1. The molecular weight excluding hydrogens is 728 g/mol. The molecular formula is C42H59ClN2O8S. The van der Waals surface area contributed by atoms with E-state index in [2.05, 4.69) is 46.7 Å². The van der Waals surface area contributed by atoms with E-state index in [0.29, 0.717) is 83.3 Å². The summed E-state index contributed by atoms with van der Waals surface area (Å²) in [7, 11) is -1.30. The number of anilines is 1. The van der Waals surface area contributed by atoms with Gasteiger partial charge >= 0.3 is 0 Å². The average Bonchev–Trinajstić information content (AvgIpc) is 3.29. The Morgan fingerprint density at radius 1 is 1.00 bits per heavy atom. The second-order valence-electron chi connectivity index (χ2n) is 15.5. The van der Waals surface area contributed by atoms with Gasteiger partial charge in [-0.05, 0) is 111 Å². The molecule has 10 nitrogen and oxygen atoms in total. The van der Waals surface area contributed by atoms with Crippen molar-refractivity contribution in [1.29, 1.82) is 0 Å². The summed E-state index contributed by atoms with van der Waals surface area (Å²) >= 11 is 6.48. The number of methoxy groups -OCH3 is 1. The number of fused-ring (bicyclic) bond motifs is 4. The Kier molecular flexibility index (Phi) is 14.4. The summed E-state index contributed by atoms with van der Waals surface area (Å²) < 4.78 is 51.9. The van der Waals surface area contributed by atoms with Crippen LogP contribution in [-0.2, 0) is 45.2 Å². The van der Waals surface area contributed by atoms with Crippen molar-refractivity contribution in [2.75, 3.05) is 84.6 Å². The van der Waals surface area contributed by atoms with Crippen molar-refractivity contribution in [2.45, 2.75) is 69.1 Å². The number of hydrogen-bond acceptors (Lipinski definition) is 9. The van der Waals surface area contributed by atoms with Crippen molar-refractivity contribution >= 4 is 38.8 Å². The molecule has 2 aromatic rings. The van der Waals surface area contributed by atoms with Gasteiger partial charge < -0.3 is 33.3 Å². The second-order valence-corrected chi connectivity index (χ2v) is 18.3. The van der Waals surface area contributed by atoms with Crippen LogP contribution >= 0.6 is 11.6 Å². The molecule has 2 aromatic carbocycles. The van der Waals surface area contributed by atoms with Crippen LogP contribution in [0.5, 0.6) is 5.75 Å². The first-order chi connectivity index (χ1) is 26.1. The summed E-state index contributed by atoms with van der Waals surface area (Å²) in [5.74, 6) is 5.10. The van der Waals surface area contributed by atoms with E-state index >= 15 is 0 Å². The fourth-order valence-electron chi connectivity index (χ4n) is 8.34. The van der Waals surface area contributed by atoms with Crippen LogP contribution in [0.2, 0.25) is 5.02 Å². The summed E-state index contributed by atoms with van der Waals surface area (Å²) in [4.78, 5) is 16.2. The minimum atomic E-state index is -2.95. The highest BCUT2D eigenvalue weighted by Gasteiger charge is 2.44. The van der Waals surface area contributed by atoms with Gasteiger partial charge in [-0.2, -0.15) is 0 Å². The highest BCUT2D eigenvalue weighted by molar-refractivity contribution is 7.99. The smallest absolute Gasteiger partial charge is 0.262 e. The molecule has 1 spiro atoms. The van der Waals surface area contributed by atoms with Crippen molar-refractivity contribution < 1.29 is 37.4 Å². The van der Waals surface area contributed by atoms with E-state index < -0.39 is 9.71 Å². The fourth-order valence-corrected chi connectivity index (χ4v) is 10.0. The topological polar surface area (TPSA) is 105 Å². The molecule has 2 aliphatic heterocycles. The Balaban J connectivity index is 1.21. The van der Waals surface area contributed by atoms with Crippen LogP contribution in [0, 0.1) is 17.8 Å². The van der Waals surface area contributed by atoms with Crippen LogP contribution in [0.3, 0.4) is 0 Å². The van der Waals surface area contributed by atoms with Gasteiger partial charge in [-0.1, -0.05) is 36.7 Å². The average molecular weight is 787 g/mol. The minimum absolute atomic E-state index is 0.0198. The first kappa shape index (κ1) is 41.0. The van der Waals surface area contributed by atoms with Gasteiger partial charge in [0, 0.05) is 41.5 Å². The predicted molar refractivity (Wildman–Crippen MR) is 216 cm³/mol. The molecule has 1 fully saturated rings. The van der Waals surface area contributed by atoms with E-state index in [1.54, 1.807) is 13.2 Å². The molecule has 54 heavy (non-hydrogen) atoms. The van der Waals surface area contributed by atoms with E-state index in [4.69, 9.17) is 40.0 Å². The zero-order chi connectivity index (χ0) is 38.1. The molecule has 2 bridgehead atoms. The maximum absolute atomic E-state index is 13.9. The number of allylic oxidation sites excluding steroid dienone is 1. The van der Waals surface area contributed by atoms with Gasteiger partial charge in [-0.25, -0.2) is 4.21 Å². The fraction of sp³-hybridized carbons (Fsp3) is 0.619. The third-order valence-electron chi connectivity index (χ3n) is 11.9. The van der Waals surface area contributed by atoms with Gasteiger partial charge in [0.05, 0.1) is 81.0 Å². The second kappa shape index (κ2) is 19.0. The molecule has 1 saturated carbocycles. The lowest BCUT2D eigenvalue weighted by Gasteiger charge is -2.46. The molecule has 1 amide bonds. The highest BCUT2D eigenvalue weighted by atomic mass is 35.5. The van der Waals surface area contributed by atoms with Crippen LogP contribution < -0.4 is 14.4 Å². The van der Waals surface area contributed by atoms with Gasteiger partial charge in [0.15, 0.2) is 0 Å². The lowest BCUT2D eigenvalue weighted by molar-refractivity contribution is -0.0455. The number of halogens is 1. The van der Waals surface area contributed by atoms with E-state index in [9.17, 15) is 9.00 Å². The Morgan fingerprint density at radius 3 is 2.46 bits per heavy atom. The number of aryl methyl sites for hydroxylation is 1. The van der Waals surface area contributed by atoms with Crippen molar-refractivity contribution in [3.05, 3.63) is 70.3 Å². The minimum Gasteiger partial charge on any atom is -0.490 e. The maximum Gasteiger partial charge on any atom is 0.262 e. The first-order valence-electron chi connectivity index (χ1n) is 19.6. The number of nitrogens with one attached hydrogen (secondary N) is 1. The molecule has 1 N–H and O–H groups in total. The van der Waals surface area contributed by atoms with E-state index in [-0.39, 0.29) is 28.6 Å². The quantitative estimate of drug-likeness (QED) is 0.143. The zero-order valence-electron chi connectivity index (χ0n) is 32.2. The number of ether oxygens (including phenoxy) is 6. The number of nitrogens with zero attached hydrogens (tertiary/aromatic N) is 1. The number of hydrogen-bond donors (Lipinski definition) is 1. The lowest BCUT2D eigenvalue weighted by atomic mass is 9.68. The molecule has 2 heterocycles. The Labute approximate surface area is 327 Å². The number of rotatable bonds is 13. The van der Waals surface area contributed by atoms with Crippen molar-refractivity contribution in [1.82, 2.24) is 4.72 Å². The molecule has 6 rings (SSSR count). The Bertz CT molecular complexity index is 1700. The maximum atomic E-state index is 13.9. The molecule has 298 valence electrons. The lowest BCUT2D eigenvalue weighted by Crippen LogP contribution is -2.49. The van der Waals surface area contributed by atoms with Crippen molar-refractivity contribution in [3.8, 4) is 5.75 Å². The van der Waals surface area contributed by atoms with Crippen molar-refractivity contribution in [2.24, 2.45) is 17.8 Å². The summed E-state index contributed by atoms with van der Waals surface area (Å²) in [6.45, 7) is 10.1. The molecule has 1 unspecified atom stereocenters. The summed E-state index contributed by atoms with van der Waals surface area (Å²) in [5, 5.41) is 0.410. The summed E-state index contributed by atoms with van der Waals surface area (Å²) in [6.07, 6.45) is 10.1. The van der Waals surface area contributed by atoms with Crippen molar-refractivity contribution in [3.63, 3.8) is 0 Å². The largest absolute Gasteiger partial charge is 0.490 e. The van der Waals surface area contributed by atoms with Gasteiger partial charge in [-0.3, -0.25) is 9.52 Å². The first-order valence-corrected chi connectivity index (χ1v) is 21.8. The molecule has 0 radical (unpaired) electrons. The van der Waals surface area contributed by atoms with E-state index in [1.807, 2.05) is 25.1 Å². The molecule has 2 aliphatic carbocycles. The van der Waals surface area contributed by atoms with Crippen LogP contribution in [0.15, 0.2) is 48.6 Å². The van der Waals surface area contributed by atoms with Crippen LogP contribution in [0.1, 0.15) is 67.4 Å².